The van der Waals surface area contributed by atoms with Gasteiger partial charge in [-0.2, -0.15) is 0 Å². The minimum absolute atomic E-state index is 0.307. The van der Waals surface area contributed by atoms with Crippen molar-refractivity contribution in [3.63, 3.8) is 0 Å². The quantitative estimate of drug-likeness (QED) is 0.772. The van der Waals surface area contributed by atoms with E-state index < -0.39 is 0 Å². The lowest BCUT2D eigenvalue weighted by atomic mass is 9.75. The third-order valence-electron chi connectivity index (χ3n) is 3.89. The number of hydrogen-bond donors (Lipinski definition) is 0. The maximum atomic E-state index is 10.6. The zero-order valence-corrected chi connectivity index (χ0v) is 11.3. The first kappa shape index (κ1) is 12.8. The van der Waals surface area contributed by atoms with E-state index in [9.17, 15) is 4.79 Å². The van der Waals surface area contributed by atoms with Crippen molar-refractivity contribution in [1.82, 2.24) is 20.2 Å². The fraction of sp³-hybridized carbons (Fsp3) is 0.429. The van der Waals surface area contributed by atoms with Crippen LogP contribution < -0.4 is 0 Å². The molecular weight excluding hydrogens is 256 g/mol. The number of ether oxygens (including phenoxy) is 1. The molecule has 20 heavy (non-hydrogen) atoms. The van der Waals surface area contributed by atoms with Crippen molar-refractivity contribution in [2.75, 3.05) is 0 Å². The maximum Gasteiger partial charge on any atom is 0.293 e. The van der Waals surface area contributed by atoms with Gasteiger partial charge in [-0.15, -0.1) is 5.10 Å². The highest BCUT2D eigenvalue weighted by Gasteiger charge is 2.39. The minimum Gasteiger partial charge on any atom is -0.461 e. The molecule has 2 aromatic rings. The van der Waals surface area contributed by atoms with E-state index in [1.54, 1.807) is 4.68 Å². The number of hydrogen-bond acceptors (Lipinski definition) is 5. The molecule has 0 amide bonds. The summed E-state index contributed by atoms with van der Waals surface area (Å²) in [6, 6.07) is 8.05. The Bertz CT molecular complexity index is 619. The fourth-order valence-electron chi connectivity index (χ4n) is 2.68. The van der Waals surface area contributed by atoms with Gasteiger partial charge in [0, 0.05) is 19.0 Å². The summed E-state index contributed by atoms with van der Waals surface area (Å²) >= 11 is 0. The highest BCUT2D eigenvalue weighted by Crippen LogP contribution is 2.38. The SMILES string of the molecule is Cn1nnnc1-c1cccc(CC2(OC=O)CCC2)c1. The zero-order valence-electron chi connectivity index (χ0n) is 11.3. The first-order chi connectivity index (χ1) is 9.72. The van der Waals surface area contributed by atoms with Crippen molar-refractivity contribution < 1.29 is 9.53 Å². The third-order valence-corrected chi connectivity index (χ3v) is 3.89. The molecule has 0 atom stereocenters. The van der Waals surface area contributed by atoms with E-state index in [0.29, 0.717) is 6.47 Å². The molecule has 0 spiro atoms. The van der Waals surface area contributed by atoms with E-state index in [1.165, 1.54) is 0 Å². The summed E-state index contributed by atoms with van der Waals surface area (Å²) in [5, 5.41) is 11.5. The normalized spacial score (nSPS) is 16.4. The van der Waals surface area contributed by atoms with Crippen LogP contribution in [0.1, 0.15) is 24.8 Å². The van der Waals surface area contributed by atoms with Gasteiger partial charge >= 0.3 is 0 Å². The number of aryl methyl sites for hydroxylation is 1. The summed E-state index contributed by atoms with van der Waals surface area (Å²) in [5.41, 5.74) is 1.79. The van der Waals surface area contributed by atoms with E-state index in [2.05, 4.69) is 21.6 Å². The Hall–Kier alpha value is -2.24. The van der Waals surface area contributed by atoms with Gasteiger partial charge in [0.15, 0.2) is 5.82 Å². The Morgan fingerprint density at radius 3 is 2.90 bits per heavy atom. The Kier molecular flexibility index (Phi) is 3.22. The molecule has 1 aliphatic carbocycles. The van der Waals surface area contributed by atoms with Crippen LogP contribution in [-0.2, 0) is 23.0 Å². The molecule has 1 fully saturated rings. The van der Waals surface area contributed by atoms with Crippen molar-refractivity contribution in [1.29, 1.82) is 0 Å². The average molecular weight is 272 g/mol. The monoisotopic (exact) mass is 272 g/mol. The van der Waals surface area contributed by atoms with Crippen molar-refractivity contribution >= 4 is 6.47 Å². The molecule has 6 nitrogen and oxygen atoms in total. The predicted octanol–water partition coefficient (Wildman–Crippen LogP) is 1.52. The summed E-state index contributed by atoms with van der Waals surface area (Å²) < 4.78 is 6.94. The van der Waals surface area contributed by atoms with Gasteiger partial charge in [0.1, 0.15) is 5.60 Å². The van der Waals surface area contributed by atoms with Crippen molar-refractivity contribution in [2.45, 2.75) is 31.3 Å². The smallest absolute Gasteiger partial charge is 0.293 e. The second-order valence-corrected chi connectivity index (χ2v) is 5.25. The molecule has 0 bridgehead atoms. The molecule has 0 saturated heterocycles. The van der Waals surface area contributed by atoms with Gasteiger partial charge in [-0.05, 0) is 41.3 Å². The molecule has 1 aliphatic rings. The van der Waals surface area contributed by atoms with Crippen LogP contribution >= 0.6 is 0 Å². The Morgan fingerprint density at radius 2 is 2.30 bits per heavy atom. The van der Waals surface area contributed by atoms with E-state index in [4.69, 9.17) is 4.74 Å². The minimum atomic E-state index is -0.307. The molecule has 0 unspecified atom stereocenters. The molecule has 1 saturated carbocycles. The highest BCUT2D eigenvalue weighted by atomic mass is 16.5. The number of benzene rings is 1. The number of rotatable bonds is 5. The molecule has 3 rings (SSSR count). The zero-order chi connectivity index (χ0) is 14.0. The number of carbonyl (C=O) groups excluding carboxylic acids is 1. The van der Waals surface area contributed by atoms with Crippen LogP contribution in [0.5, 0.6) is 0 Å². The van der Waals surface area contributed by atoms with E-state index in [0.717, 1.165) is 42.6 Å². The van der Waals surface area contributed by atoms with Crippen LogP contribution in [0.25, 0.3) is 11.4 Å². The molecule has 1 heterocycles. The van der Waals surface area contributed by atoms with Crippen LogP contribution in [0, 0.1) is 0 Å². The lowest BCUT2D eigenvalue weighted by Crippen LogP contribution is -2.42. The van der Waals surface area contributed by atoms with E-state index >= 15 is 0 Å². The molecule has 6 heteroatoms. The van der Waals surface area contributed by atoms with Gasteiger partial charge in [-0.3, -0.25) is 4.79 Å². The number of aromatic nitrogens is 4. The first-order valence-electron chi connectivity index (χ1n) is 6.66. The van der Waals surface area contributed by atoms with Gasteiger partial charge < -0.3 is 4.74 Å². The topological polar surface area (TPSA) is 69.9 Å². The first-order valence-corrected chi connectivity index (χ1v) is 6.66. The summed E-state index contributed by atoms with van der Waals surface area (Å²) in [7, 11) is 1.81. The van der Waals surface area contributed by atoms with E-state index in [-0.39, 0.29) is 5.60 Å². The van der Waals surface area contributed by atoms with Crippen LogP contribution in [0.4, 0.5) is 0 Å². The average Bonchev–Trinajstić information content (AvgIpc) is 2.83. The Labute approximate surface area is 116 Å². The number of carbonyl (C=O) groups is 1. The van der Waals surface area contributed by atoms with Gasteiger partial charge in [-0.1, -0.05) is 18.2 Å². The van der Waals surface area contributed by atoms with Gasteiger partial charge in [0.2, 0.25) is 0 Å². The molecule has 1 aromatic heterocycles. The largest absolute Gasteiger partial charge is 0.461 e. The third kappa shape index (κ3) is 2.29. The molecule has 0 radical (unpaired) electrons. The van der Waals surface area contributed by atoms with E-state index in [1.807, 2.05) is 25.2 Å². The predicted molar refractivity (Wildman–Crippen MR) is 71.7 cm³/mol. The standard InChI is InChI=1S/C14H16N4O2/c1-18-13(15-16-17-18)12-5-2-4-11(8-12)9-14(20-10-19)6-3-7-14/h2,4-5,8,10H,3,6-7,9H2,1H3. The lowest BCUT2D eigenvalue weighted by molar-refractivity contribution is -0.152. The highest BCUT2D eigenvalue weighted by molar-refractivity contribution is 5.55. The molecular formula is C14H16N4O2. The van der Waals surface area contributed by atoms with Crippen molar-refractivity contribution in [3.05, 3.63) is 29.8 Å². The summed E-state index contributed by atoms with van der Waals surface area (Å²) in [6.45, 7) is 0.565. The van der Waals surface area contributed by atoms with Crippen LogP contribution in [0.2, 0.25) is 0 Å². The fourth-order valence-corrected chi connectivity index (χ4v) is 2.68. The van der Waals surface area contributed by atoms with Crippen molar-refractivity contribution in [2.24, 2.45) is 7.05 Å². The van der Waals surface area contributed by atoms with Crippen LogP contribution in [-0.4, -0.2) is 32.3 Å². The number of tetrazole rings is 1. The molecule has 104 valence electrons. The number of nitrogens with zero attached hydrogens (tertiary/aromatic N) is 4. The molecule has 0 aliphatic heterocycles. The van der Waals surface area contributed by atoms with Crippen LogP contribution in [0.15, 0.2) is 24.3 Å². The summed E-state index contributed by atoms with van der Waals surface area (Å²) in [5.74, 6) is 0.728. The second-order valence-electron chi connectivity index (χ2n) is 5.25. The lowest BCUT2D eigenvalue weighted by Gasteiger charge is -2.40. The second kappa shape index (κ2) is 5.03. The Balaban J connectivity index is 1.85. The van der Waals surface area contributed by atoms with Gasteiger partial charge in [-0.25, -0.2) is 4.68 Å². The van der Waals surface area contributed by atoms with Gasteiger partial charge in [0.05, 0.1) is 0 Å². The maximum absolute atomic E-state index is 10.6. The summed E-state index contributed by atoms with van der Waals surface area (Å²) in [6.07, 6.45) is 3.72. The van der Waals surface area contributed by atoms with Gasteiger partial charge in [0.25, 0.3) is 6.47 Å². The summed E-state index contributed by atoms with van der Waals surface area (Å²) in [4.78, 5) is 10.6. The van der Waals surface area contributed by atoms with Crippen molar-refractivity contribution in [3.8, 4) is 11.4 Å². The molecule has 0 N–H and O–H groups in total. The van der Waals surface area contributed by atoms with Crippen LogP contribution in [0.3, 0.4) is 0 Å². The molecule has 1 aromatic carbocycles. The Morgan fingerprint density at radius 1 is 1.45 bits per heavy atom.